The van der Waals surface area contributed by atoms with Gasteiger partial charge in [-0.2, -0.15) is 0 Å². The van der Waals surface area contributed by atoms with Crippen molar-refractivity contribution in [1.29, 1.82) is 0 Å². The molecular formula is C23H25N5O2S. The minimum absolute atomic E-state index is 0.0152. The van der Waals surface area contributed by atoms with E-state index in [0.717, 1.165) is 34.0 Å². The van der Waals surface area contributed by atoms with Crippen LogP contribution in [0.2, 0.25) is 0 Å². The van der Waals surface area contributed by atoms with Crippen molar-refractivity contribution >= 4 is 34.6 Å². The summed E-state index contributed by atoms with van der Waals surface area (Å²) < 4.78 is 4.90. The summed E-state index contributed by atoms with van der Waals surface area (Å²) >= 11 is 5.75. The van der Waals surface area contributed by atoms with Gasteiger partial charge in [-0.15, -0.1) is 0 Å². The maximum absolute atomic E-state index is 11.9. The van der Waals surface area contributed by atoms with Gasteiger partial charge in [-0.3, -0.25) is 9.78 Å². The molecule has 2 atom stereocenters. The van der Waals surface area contributed by atoms with E-state index in [-0.39, 0.29) is 24.6 Å². The summed E-state index contributed by atoms with van der Waals surface area (Å²) in [5.74, 6) is -0.188. The number of thiocarbonyl (C=S) groups is 1. The lowest BCUT2D eigenvalue weighted by Gasteiger charge is -2.27. The second-order valence-corrected chi connectivity index (χ2v) is 7.96. The van der Waals surface area contributed by atoms with E-state index >= 15 is 0 Å². The zero-order valence-electron chi connectivity index (χ0n) is 17.7. The monoisotopic (exact) mass is 435 g/mol. The molecule has 160 valence electrons. The molecule has 0 spiro atoms. The molecule has 1 aliphatic heterocycles. The number of carbonyl (C=O) groups excluding carboxylic acids is 1. The molecule has 1 aliphatic rings. The molecule has 1 aromatic carbocycles. The lowest BCUT2D eigenvalue weighted by atomic mass is 10.0. The molecule has 0 unspecified atom stereocenters. The van der Waals surface area contributed by atoms with Crippen LogP contribution in [0.15, 0.2) is 54.7 Å². The minimum Gasteiger partial charge on any atom is -0.375 e. The average molecular weight is 436 g/mol. The SMILES string of the molecule is COCC(=O)Nc1ccc(N2C(=S)N[C@H](c3ccccn3)[C@@H]2c2ccc(C)[nH]2)cc1C. The first kappa shape index (κ1) is 21.0. The Kier molecular flexibility index (Phi) is 6.01. The number of rotatable bonds is 6. The summed E-state index contributed by atoms with van der Waals surface area (Å²) in [6.45, 7) is 4.01. The van der Waals surface area contributed by atoms with Crippen molar-refractivity contribution < 1.29 is 9.53 Å². The molecule has 31 heavy (non-hydrogen) atoms. The number of anilines is 2. The fraction of sp³-hybridized carbons (Fsp3) is 0.261. The Morgan fingerprint density at radius 2 is 2.06 bits per heavy atom. The van der Waals surface area contributed by atoms with Crippen LogP contribution in [0.25, 0.3) is 0 Å². The second kappa shape index (κ2) is 8.87. The summed E-state index contributed by atoms with van der Waals surface area (Å²) in [6.07, 6.45) is 1.79. The highest BCUT2D eigenvalue weighted by Crippen LogP contribution is 2.41. The number of hydrogen-bond donors (Lipinski definition) is 3. The van der Waals surface area contributed by atoms with Crippen molar-refractivity contribution in [3.63, 3.8) is 0 Å². The number of benzene rings is 1. The van der Waals surface area contributed by atoms with Crippen molar-refractivity contribution in [2.24, 2.45) is 0 Å². The van der Waals surface area contributed by atoms with Crippen molar-refractivity contribution in [1.82, 2.24) is 15.3 Å². The van der Waals surface area contributed by atoms with Crippen LogP contribution < -0.4 is 15.5 Å². The maximum Gasteiger partial charge on any atom is 0.250 e. The maximum atomic E-state index is 11.9. The molecule has 1 amide bonds. The summed E-state index contributed by atoms with van der Waals surface area (Å²) in [7, 11) is 1.50. The van der Waals surface area contributed by atoms with Gasteiger partial charge in [0.1, 0.15) is 12.6 Å². The van der Waals surface area contributed by atoms with Crippen LogP contribution in [0, 0.1) is 13.8 Å². The van der Waals surface area contributed by atoms with E-state index in [1.54, 1.807) is 6.20 Å². The molecule has 7 nitrogen and oxygen atoms in total. The number of aromatic amines is 1. The first-order chi connectivity index (χ1) is 15.0. The number of ether oxygens (including phenoxy) is 1. The first-order valence-corrected chi connectivity index (χ1v) is 10.4. The summed E-state index contributed by atoms with van der Waals surface area (Å²) in [5.41, 5.74) is 5.68. The number of methoxy groups -OCH3 is 1. The zero-order chi connectivity index (χ0) is 22.0. The number of carbonyl (C=O) groups is 1. The van der Waals surface area contributed by atoms with Gasteiger partial charge in [-0.25, -0.2) is 0 Å². The van der Waals surface area contributed by atoms with E-state index in [1.165, 1.54) is 7.11 Å². The number of aromatic nitrogens is 2. The molecule has 3 N–H and O–H groups in total. The highest BCUT2D eigenvalue weighted by atomic mass is 32.1. The Hall–Kier alpha value is -3.23. The highest BCUT2D eigenvalue weighted by Gasteiger charge is 2.41. The quantitative estimate of drug-likeness (QED) is 0.511. The molecule has 0 bridgehead atoms. The number of pyridine rings is 1. The summed E-state index contributed by atoms with van der Waals surface area (Å²) in [6, 6.07) is 15.7. The first-order valence-electron chi connectivity index (χ1n) is 10.0. The number of nitrogens with one attached hydrogen (secondary N) is 3. The molecule has 3 heterocycles. The normalized spacial score (nSPS) is 18.2. The van der Waals surface area contributed by atoms with Gasteiger partial charge < -0.3 is 25.3 Å². The molecular weight excluding hydrogens is 410 g/mol. The van der Waals surface area contributed by atoms with Crippen LogP contribution in [0.3, 0.4) is 0 Å². The van der Waals surface area contributed by atoms with E-state index in [2.05, 4.69) is 37.6 Å². The lowest BCUT2D eigenvalue weighted by Crippen LogP contribution is -2.29. The van der Waals surface area contributed by atoms with E-state index < -0.39 is 0 Å². The summed E-state index contributed by atoms with van der Waals surface area (Å²) in [5, 5.41) is 6.95. The Morgan fingerprint density at radius 3 is 2.71 bits per heavy atom. The van der Waals surface area contributed by atoms with E-state index in [1.807, 2.05) is 50.2 Å². The standard InChI is InChI=1S/C23H25N5O2S/c1-14-12-16(8-10-17(14)26-20(29)13-30-3)28-22(19-9-7-15(2)25-19)21(27-23(28)31)18-6-4-5-11-24-18/h4-12,21-22,25H,13H2,1-3H3,(H,26,29)(H,27,31)/t21-,22+/m1/s1. The number of hydrogen-bond acceptors (Lipinski definition) is 4. The van der Waals surface area contributed by atoms with Gasteiger partial charge in [-0.05, 0) is 74.1 Å². The van der Waals surface area contributed by atoms with Crippen molar-refractivity contribution in [3.05, 3.63) is 77.4 Å². The summed E-state index contributed by atoms with van der Waals surface area (Å²) in [4.78, 5) is 22.0. The van der Waals surface area contributed by atoms with E-state index in [9.17, 15) is 4.79 Å². The molecule has 4 rings (SSSR count). The van der Waals surface area contributed by atoms with Crippen LogP contribution in [-0.4, -0.2) is 34.7 Å². The molecule has 0 aliphatic carbocycles. The Morgan fingerprint density at radius 1 is 1.23 bits per heavy atom. The zero-order valence-corrected chi connectivity index (χ0v) is 18.5. The highest BCUT2D eigenvalue weighted by molar-refractivity contribution is 7.80. The van der Waals surface area contributed by atoms with Gasteiger partial charge >= 0.3 is 0 Å². The molecule has 0 saturated carbocycles. The van der Waals surface area contributed by atoms with Gasteiger partial charge in [0.2, 0.25) is 5.91 Å². The third kappa shape index (κ3) is 4.30. The van der Waals surface area contributed by atoms with Gasteiger partial charge in [0.05, 0.1) is 11.7 Å². The third-order valence-corrected chi connectivity index (χ3v) is 5.62. The predicted octanol–water partition coefficient (Wildman–Crippen LogP) is 3.79. The van der Waals surface area contributed by atoms with Gasteiger partial charge in [0.25, 0.3) is 0 Å². The fourth-order valence-electron chi connectivity index (χ4n) is 3.90. The van der Waals surface area contributed by atoms with Crippen molar-refractivity contribution in [3.8, 4) is 0 Å². The van der Waals surface area contributed by atoms with Crippen molar-refractivity contribution in [2.75, 3.05) is 23.9 Å². The van der Waals surface area contributed by atoms with E-state index in [4.69, 9.17) is 17.0 Å². The fourth-order valence-corrected chi connectivity index (χ4v) is 4.25. The largest absolute Gasteiger partial charge is 0.375 e. The average Bonchev–Trinajstić information content (AvgIpc) is 3.33. The topological polar surface area (TPSA) is 82.3 Å². The van der Waals surface area contributed by atoms with Crippen LogP contribution in [-0.2, 0) is 9.53 Å². The van der Waals surface area contributed by atoms with E-state index in [0.29, 0.717) is 5.11 Å². The molecule has 3 aromatic rings. The molecule has 1 fully saturated rings. The van der Waals surface area contributed by atoms with Crippen LogP contribution in [0.4, 0.5) is 11.4 Å². The lowest BCUT2D eigenvalue weighted by molar-refractivity contribution is -0.119. The number of aryl methyl sites for hydroxylation is 2. The Bertz CT molecular complexity index is 1100. The predicted molar refractivity (Wildman–Crippen MR) is 125 cm³/mol. The van der Waals surface area contributed by atoms with Gasteiger partial charge in [-0.1, -0.05) is 6.07 Å². The van der Waals surface area contributed by atoms with Crippen LogP contribution in [0.1, 0.15) is 34.7 Å². The molecule has 8 heteroatoms. The third-order valence-electron chi connectivity index (χ3n) is 5.31. The van der Waals surface area contributed by atoms with Crippen LogP contribution >= 0.6 is 12.2 Å². The Balaban J connectivity index is 1.71. The van der Waals surface area contributed by atoms with Gasteiger partial charge in [0, 0.05) is 36.1 Å². The molecule has 0 radical (unpaired) electrons. The second-order valence-electron chi connectivity index (χ2n) is 7.57. The number of H-pyrrole nitrogens is 1. The minimum atomic E-state index is -0.188. The number of amides is 1. The van der Waals surface area contributed by atoms with Gasteiger partial charge in [0.15, 0.2) is 5.11 Å². The smallest absolute Gasteiger partial charge is 0.250 e. The van der Waals surface area contributed by atoms with Crippen LogP contribution in [0.5, 0.6) is 0 Å². The van der Waals surface area contributed by atoms with Crippen molar-refractivity contribution in [2.45, 2.75) is 25.9 Å². The number of nitrogens with zero attached hydrogens (tertiary/aromatic N) is 2. The molecule has 1 saturated heterocycles. The molecule has 2 aromatic heterocycles. The Labute approximate surface area is 186 Å².